The van der Waals surface area contributed by atoms with Crippen molar-refractivity contribution in [1.29, 1.82) is 0 Å². The predicted octanol–water partition coefficient (Wildman–Crippen LogP) is 4.20. The first-order chi connectivity index (χ1) is 8.08. The van der Waals surface area contributed by atoms with Crippen molar-refractivity contribution in [3.8, 4) is 0 Å². The third kappa shape index (κ3) is 2.76. The smallest absolute Gasteiger partial charge is 0.260 e. The number of furan rings is 1. The Morgan fingerprint density at radius 3 is 2.65 bits per heavy atom. The Hall–Kier alpha value is -1.14. The lowest BCUT2D eigenvalue weighted by atomic mass is 10.2. The fourth-order valence-electron chi connectivity index (χ4n) is 1.24. The molecule has 0 saturated carbocycles. The van der Waals surface area contributed by atoms with Crippen molar-refractivity contribution >= 4 is 43.5 Å². The van der Waals surface area contributed by atoms with Gasteiger partial charge in [-0.3, -0.25) is 4.79 Å². The Balaban J connectivity index is 2.22. The van der Waals surface area contributed by atoms with Gasteiger partial charge < -0.3 is 9.73 Å². The highest BCUT2D eigenvalue weighted by Gasteiger charge is 2.14. The first-order valence-electron chi connectivity index (χ1n) is 4.57. The number of hydrogen-bond donors (Lipinski definition) is 1. The summed E-state index contributed by atoms with van der Waals surface area (Å²) < 4.78 is 18.6. The Morgan fingerprint density at radius 1 is 1.29 bits per heavy atom. The Bertz CT molecular complexity index is 568. The van der Waals surface area contributed by atoms with E-state index >= 15 is 0 Å². The first kappa shape index (κ1) is 12.3. The maximum absolute atomic E-state index is 12.9. The third-order valence-electron chi connectivity index (χ3n) is 2.04. The number of amides is 1. The van der Waals surface area contributed by atoms with Crippen molar-refractivity contribution in [2.24, 2.45) is 0 Å². The molecule has 1 aromatic heterocycles. The zero-order valence-electron chi connectivity index (χ0n) is 8.34. The number of benzene rings is 1. The Morgan fingerprint density at radius 2 is 2.06 bits per heavy atom. The highest BCUT2D eigenvalue weighted by molar-refractivity contribution is 9.10. The van der Waals surface area contributed by atoms with Gasteiger partial charge in [0, 0.05) is 4.47 Å². The number of rotatable bonds is 2. The minimum atomic E-state index is -0.376. The van der Waals surface area contributed by atoms with Crippen LogP contribution < -0.4 is 5.32 Å². The monoisotopic (exact) mass is 361 g/mol. The summed E-state index contributed by atoms with van der Waals surface area (Å²) in [6.07, 6.45) is 1.40. The summed E-state index contributed by atoms with van der Waals surface area (Å²) in [4.78, 5) is 11.8. The van der Waals surface area contributed by atoms with E-state index in [-0.39, 0.29) is 11.7 Å². The molecule has 0 saturated heterocycles. The van der Waals surface area contributed by atoms with Crippen molar-refractivity contribution in [2.75, 3.05) is 5.32 Å². The van der Waals surface area contributed by atoms with E-state index in [1.54, 1.807) is 0 Å². The highest BCUT2D eigenvalue weighted by Crippen LogP contribution is 2.25. The van der Waals surface area contributed by atoms with E-state index < -0.39 is 0 Å². The van der Waals surface area contributed by atoms with Crippen LogP contribution in [0.25, 0.3) is 0 Å². The number of carbonyl (C=O) groups excluding carboxylic acids is 1. The molecule has 0 unspecified atom stereocenters. The molecule has 2 aromatic rings. The van der Waals surface area contributed by atoms with Gasteiger partial charge in [-0.15, -0.1) is 0 Å². The minimum absolute atomic E-state index is 0.335. The first-order valence-corrected chi connectivity index (χ1v) is 6.16. The SMILES string of the molecule is O=C(Nc1ccc(F)cc1Br)c1ccoc1Br. The lowest BCUT2D eigenvalue weighted by Crippen LogP contribution is -2.11. The van der Waals surface area contributed by atoms with Crippen LogP contribution in [0.1, 0.15) is 10.4 Å². The van der Waals surface area contributed by atoms with E-state index in [0.717, 1.165) is 0 Å². The van der Waals surface area contributed by atoms with E-state index in [9.17, 15) is 9.18 Å². The maximum atomic E-state index is 12.9. The van der Waals surface area contributed by atoms with Crippen molar-refractivity contribution in [1.82, 2.24) is 0 Å². The van der Waals surface area contributed by atoms with Gasteiger partial charge >= 0.3 is 0 Å². The van der Waals surface area contributed by atoms with Gasteiger partial charge in [-0.1, -0.05) is 0 Å². The number of nitrogens with one attached hydrogen (secondary N) is 1. The zero-order valence-corrected chi connectivity index (χ0v) is 11.5. The van der Waals surface area contributed by atoms with Crippen LogP contribution in [0.3, 0.4) is 0 Å². The number of hydrogen-bond acceptors (Lipinski definition) is 2. The maximum Gasteiger partial charge on any atom is 0.260 e. The highest BCUT2D eigenvalue weighted by atomic mass is 79.9. The fraction of sp³-hybridized carbons (Fsp3) is 0. The molecule has 0 bridgehead atoms. The lowest BCUT2D eigenvalue weighted by Gasteiger charge is -2.06. The summed E-state index contributed by atoms with van der Waals surface area (Å²) in [5.74, 6) is -0.711. The summed E-state index contributed by atoms with van der Waals surface area (Å²) >= 11 is 6.28. The Labute approximate surface area is 113 Å². The molecule has 6 heteroatoms. The summed E-state index contributed by atoms with van der Waals surface area (Å²) in [6, 6.07) is 5.56. The average Bonchev–Trinajstić information content (AvgIpc) is 2.68. The van der Waals surface area contributed by atoms with E-state index in [0.29, 0.717) is 20.4 Å². The van der Waals surface area contributed by atoms with Gasteiger partial charge in [0.2, 0.25) is 0 Å². The lowest BCUT2D eigenvalue weighted by molar-refractivity contribution is 0.102. The summed E-state index contributed by atoms with van der Waals surface area (Å²) in [5, 5.41) is 2.64. The standard InChI is InChI=1S/C11H6Br2FNO2/c12-8-5-6(14)1-2-9(8)15-11(16)7-3-4-17-10(7)13/h1-5H,(H,15,16). The van der Waals surface area contributed by atoms with Crippen LogP contribution >= 0.6 is 31.9 Å². The normalized spacial score (nSPS) is 10.3. The van der Waals surface area contributed by atoms with E-state index in [4.69, 9.17) is 4.42 Å². The summed E-state index contributed by atoms with van der Waals surface area (Å²) in [7, 11) is 0. The zero-order chi connectivity index (χ0) is 12.4. The molecule has 0 radical (unpaired) electrons. The molecule has 88 valence electrons. The molecule has 3 nitrogen and oxygen atoms in total. The van der Waals surface area contributed by atoms with E-state index in [1.807, 2.05) is 0 Å². The van der Waals surface area contributed by atoms with Gasteiger partial charge in [0.25, 0.3) is 5.91 Å². The van der Waals surface area contributed by atoms with Crippen LogP contribution in [0.15, 0.2) is 44.1 Å². The van der Waals surface area contributed by atoms with Crippen LogP contribution in [0, 0.1) is 5.82 Å². The van der Waals surface area contributed by atoms with Crippen LogP contribution in [-0.4, -0.2) is 5.91 Å². The van der Waals surface area contributed by atoms with Gasteiger partial charge in [0.15, 0.2) is 4.67 Å². The molecule has 1 aromatic carbocycles. The van der Waals surface area contributed by atoms with Crippen LogP contribution in [-0.2, 0) is 0 Å². The topological polar surface area (TPSA) is 42.2 Å². The van der Waals surface area contributed by atoms with Crippen LogP contribution in [0.5, 0.6) is 0 Å². The minimum Gasteiger partial charge on any atom is -0.457 e. The van der Waals surface area contributed by atoms with Gasteiger partial charge in [0.05, 0.1) is 17.5 Å². The van der Waals surface area contributed by atoms with Crippen molar-refractivity contribution in [3.05, 3.63) is 51.1 Å². The average molecular weight is 363 g/mol. The molecule has 0 aliphatic rings. The van der Waals surface area contributed by atoms with E-state index in [1.165, 1.54) is 30.5 Å². The summed E-state index contributed by atoms with van der Waals surface area (Å²) in [5.41, 5.74) is 0.866. The molecule has 0 spiro atoms. The molecule has 0 aliphatic carbocycles. The predicted molar refractivity (Wildman–Crippen MR) is 68.5 cm³/mol. The van der Waals surface area contributed by atoms with E-state index in [2.05, 4.69) is 37.2 Å². The molecular weight excluding hydrogens is 357 g/mol. The largest absolute Gasteiger partial charge is 0.457 e. The molecule has 2 rings (SSSR count). The van der Waals surface area contributed by atoms with Crippen molar-refractivity contribution in [2.45, 2.75) is 0 Å². The number of carbonyl (C=O) groups is 1. The fourth-order valence-corrected chi connectivity index (χ4v) is 2.11. The Kier molecular flexibility index (Phi) is 3.63. The summed E-state index contributed by atoms with van der Waals surface area (Å²) in [6.45, 7) is 0. The molecule has 0 aliphatic heterocycles. The van der Waals surface area contributed by atoms with Crippen molar-refractivity contribution < 1.29 is 13.6 Å². The molecule has 1 amide bonds. The molecule has 1 heterocycles. The second-order valence-electron chi connectivity index (χ2n) is 3.19. The molecular formula is C11H6Br2FNO2. The molecule has 17 heavy (non-hydrogen) atoms. The number of halogens is 3. The van der Waals surface area contributed by atoms with Crippen LogP contribution in [0.2, 0.25) is 0 Å². The molecule has 0 atom stereocenters. The van der Waals surface area contributed by atoms with Gasteiger partial charge in [-0.05, 0) is 56.1 Å². The molecule has 0 fully saturated rings. The second-order valence-corrected chi connectivity index (χ2v) is 4.76. The van der Waals surface area contributed by atoms with Crippen LogP contribution in [0.4, 0.5) is 10.1 Å². The second kappa shape index (κ2) is 5.01. The van der Waals surface area contributed by atoms with Crippen molar-refractivity contribution in [3.63, 3.8) is 0 Å². The quantitative estimate of drug-likeness (QED) is 0.870. The van der Waals surface area contributed by atoms with Gasteiger partial charge in [-0.25, -0.2) is 4.39 Å². The number of anilines is 1. The molecule has 1 N–H and O–H groups in total. The van der Waals surface area contributed by atoms with Gasteiger partial charge in [-0.2, -0.15) is 0 Å². The van der Waals surface area contributed by atoms with Gasteiger partial charge in [0.1, 0.15) is 5.82 Å². The third-order valence-corrected chi connectivity index (χ3v) is 3.31.